The van der Waals surface area contributed by atoms with Crippen molar-refractivity contribution >= 4 is 0 Å². The summed E-state index contributed by atoms with van der Waals surface area (Å²) in [4.78, 5) is 4.47. The lowest BCUT2D eigenvalue weighted by Gasteiger charge is -2.01. The summed E-state index contributed by atoms with van der Waals surface area (Å²) in [6.07, 6.45) is 2.08. The van der Waals surface area contributed by atoms with Gasteiger partial charge in [0.2, 0.25) is 11.7 Å². The number of nitrogens with one attached hydrogen (secondary N) is 1. The summed E-state index contributed by atoms with van der Waals surface area (Å²) < 4.78 is 5.32. The molecule has 4 nitrogen and oxygen atoms in total. The second kappa shape index (κ2) is 4.90. The van der Waals surface area contributed by atoms with Crippen LogP contribution in [0.4, 0.5) is 0 Å². The van der Waals surface area contributed by atoms with Crippen molar-refractivity contribution in [2.24, 2.45) is 5.92 Å². The molecule has 1 aliphatic heterocycles. The van der Waals surface area contributed by atoms with Gasteiger partial charge in [-0.1, -0.05) is 35.0 Å². The van der Waals surface area contributed by atoms with Crippen LogP contribution in [0.25, 0.3) is 11.4 Å². The maximum absolute atomic E-state index is 5.32. The Balaban J connectivity index is 1.74. The fraction of sp³-hybridized carbons (Fsp3) is 0.429. The van der Waals surface area contributed by atoms with Gasteiger partial charge < -0.3 is 9.84 Å². The van der Waals surface area contributed by atoms with Crippen molar-refractivity contribution in [1.82, 2.24) is 15.5 Å². The van der Waals surface area contributed by atoms with Gasteiger partial charge in [-0.3, -0.25) is 0 Å². The molecule has 18 heavy (non-hydrogen) atoms. The first-order valence-corrected chi connectivity index (χ1v) is 6.41. The molecule has 0 bridgehead atoms. The lowest BCUT2D eigenvalue weighted by Crippen LogP contribution is -2.10. The molecule has 94 valence electrons. The van der Waals surface area contributed by atoms with Crippen LogP contribution < -0.4 is 5.32 Å². The molecule has 0 unspecified atom stereocenters. The Hall–Kier alpha value is -1.68. The van der Waals surface area contributed by atoms with Crippen LogP contribution in [0.5, 0.6) is 0 Å². The smallest absolute Gasteiger partial charge is 0.227 e. The second-order valence-electron chi connectivity index (χ2n) is 4.94. The van der Waals surface area contributed by atoms with E-state index in [1.165, 1.54) is 12.0 Å². The van der Waals surface area contributed by atoms with Crippen molar-refractivity contribution < 1.29 is 4.52 Å². The van der Waals surface area contributed by atoms with Gasteiger partial charge in [-0.2, -0.15) is 4.98 Å². The molecular weight excluding hydrogens is 226 g/mol. The van der Waals surface area contributed by atoms with Gasteiger partial charge in [-0.25, -0.2) is 0 Å². The summed E-state index contributed by atoms with van der Waals surface area (Å²) in [6, 6.07) is 8.18. The highest BCUT2D eigenvalue weighted by Gasteiger charge is 2.18. The molecule has 1 aliphatic rings. The van der Waals surface area contributed by atoms with E-state index in [1.54, 1.807) is 0 Å². The number of hydrogen-bond acceptors (Lipinski definition) is 4. The molecule has 0 aliphatic carbocycles. The van der Waals surface area contributed by atoms with Crippen LogP contribution in [0.3, 0.4) is 0 Å². The fourth-order valence-corrected chi connectivity index (χ4v) is 2.29. The highest BCUT2D eigenvalue weighted by molar-refractivity contribution is 5.54. The van der Waals surface area contributed by atoms with E-state index in [2.05, 4.69) is 34.5 Å². The summed E-state index contributed by atoms with van der Waals surface area (Å²) in [5, 5.41) is 7.40. The van der Waals surface area contributed by atoms with Gasteiger partial charge in [-0.05, 0) is 32.4 Å². The van der Waals surface area contributed by atoms with Crippen molar-refractivity contribution in [3.05, 3.63) is 35.7 Å². The Morgan fingerprint density at radius 1 is 1.33 bits per heavy atom. The topological polar surface area (TPSA) is 51.0 Å². The van der Waals surface area contributed by atoms with Crippen molar-refractivity contribution in [3.8, 4) is 11.4 Å². The van der Waals surface area contributed by atoms with E-state index in [4.69, 9.17) is 4.52 Å². The van der Waals surface area contributed by atoms with E-state index in [9.17, 15) is 0 Å². The molecule has 3 rings (SSSR count). The maximum atomic E-state index is 5.32. The molecule has 4 heteroatoms. The zero-order chi connectivity index (χ0) is 12.4. The predicted octanol–water partition coefficient (Wildman–Crippen LogP) is 2.20. The van der Waals surface area contributed by atoms with Crippen LogP contribution in [0.15, 0.2) is 28.8 Å². The molecule has 1 N–H and O–H groups in total. The van der Waals surface area contributed by atoms with Crippen LogP contribution in [0.1, 0.15) is 17.9 Å². The number of rotatable bonds is 3. The van der Waals surface area contributed by atoms with Crippen molar-refractivity contribution in [3.63, 3.8) is 0 Å². The predicted molar refractivity (Wildman–Crippen MR) is 69.2 cm³/mol. The van der Waals surface area contributed by atoms with Gasteiger partial charge in [-0.15, -0.1) is 0 Å². The van der Waals surface area contributed by atoms with Crippen LogP contribution in [0.2, 0.25) is 0 Å². The highest BCUT2D eigenvalue weighted by atomic mass is 16.5. The minimum atomic E-state index is 0.635. The maximum Gasteiger partial charge on any atom is 0.227 e. The van der Waals surface area contributed by atoms with E-state index in [0.29, 0.717) is 11.7 Å². The number of benzene rings is 1. The molecule has 1 aromatic carbocycles. The zero-order valence-electron chi connectivity index (χ0n) is 10.5. The number of aryl methyl sites for hydroxylation is 1. The molecule has 2 aromatic rings. The standard InChI is InChI=1S/C14H17N3O/c1-10-2-4-12(5-3-10)14-16-13(18-17-14)8-11-6-7-15-9-11/h2-5,11,15H,6-9H2,1H3/t11-/m1/s1. The molecule has 1 atom stereocenters. The molecule has 0 amide bonds. The van der Waals surface area contributed by atoms with E-state index in [1.807, 2.05) is 12.1 Å². The minimum absolute atomic E-state index is 0.635. The molecule has 1 fully saturated rings. The monoisotopic (exact) mass is 243 g/mol. The van der Waals surface area contributed by atoms with Gasteiger partial charge in [0.25, 0.3) is 0 Å². The Morgan fingerprint density at radius 2 is 2.17 bits per heavy atom. The molecule has 0 radical (unpaired) electrons. The number of nitrogens with zero attached hydrogens (tertiary/aromatic N) is 2. The van der Waals surface area contributed by atoms with Gasteiger partial charge in [0.1, 0.15) is 0 Å². The lowest BCUT2D eigenvalue weighted by atomic mass is 10.1. The van der Waals surface area contributed by atoms with Gasteiger partial charge in [0, 0.05) is 12.0 Å². The number of hydrogen-bond donors (Lipinski definition) is 1. The van der Waals surface area contributed by atoms with Crippen LogP contribution in [-0.4, -0.2) is 23.2 Å². The zero-order valence-corrected chi connectivity index (χ0v) is 10.5. The molecule has 0 saturated carbocycles. The SMILES string of the molecule is Cc1ccc(-c2noc(C[C@H]3CCNC3)n2)cc1. The van der Waals surface area contributed by atoms with E-state index in [-0.39, 0.29) is 0 Å². The first-order chi connectivity index (χ1) is 8.81. The quantitative estimate of drug-likeness (QED) is 0.897. The summed E-state index contributed by atoms with van der Waals surface area (Å²) in [5.74, 6) is 2.08. The van der Waals surface area contributed by atoms with E-state index < -0.39 is 0 Å². The van der Waals surface area contributed by atoms with E-state index >= 15 is 0 Å². The summed E-state index contributed by atoms with van der Waals surface area (Å²) in [5.41, 5.74) is 2.25. The minimum Gasteiger partial charge on any atom is -0.339 e. The average Bonchev–Trinajstić information content (AvgIpc) is 3.02. The molecule has 2 heterocycles. The molecule has 1 saturated heterocycles. The largest absolute Gasteiger partial charge is 0.339 e. The Labute approximate surface area is 106 Å². The van der Waals surface area contributed by atoms with Gasteiger partial charge >= 0.3 is 0 Å². The van der Waals surface area contributed by atoms with Gasteiger partial charge in [0.15, 0.2) is 0 Å². The third-order valence-electron chi connectivity index (χ3n) is 3.40. The lowest BCUT2D eigenvalue weighted by molar-refractivity contribution is 0.358. The Bertz CT molecular complexity index is 512. The average molecular weight is 243 g/mol. The summed E-state index contributed by atoms with van der Waals surface area (Å²) >= 11 is 0. The normalized spacial score (nSPS) is 19.3. The third-order valence-corrected chi connectivity index (χ3v) is 3.40. The van der Waals surface area contributed by atoms with E-state index in [0.717, 1.165) is 31.0 Å². The van der Waals surface area contributed by atoms with Crippen LogP contribution in [-0.2, 0) is 6.42 Å². The molecule has 0 spiro atoms. The first-order valence-electron chi connectivity index (χ1n) is 6.41. The molecular formula is C14H17N3O. The third kappa shape index (κ3) is 2.43. The highest BCUT2D eigenvalue weighted by Crippen LogP contribution is 2.19. The summed E-state index contributed by atoms with van der Waals surface area (Å²) in [7, 11) is 0. The Morgan fingerprint density at radius 3 is 2.89 bits per heavy atom. The second-order valence-corrected chi connectivity index (χ2v) is 4.94. The van der Waals surface area contributed by atoms with Crippen molar-refractivity contribution in [2.75, 3.05) is 13.1 Å². The Kier molecular flexibility index (Phi) is 3.11. The number of aromatic nitrogens is 2. The summed E-state index contributed by atoms with van der Waals surface area (Å²) in [6.45, 7) is 4.23. The fourth-order valence-electron chi connectivity index (χ4n) is 2.29. The van der Waals surface area contributed by atoms with Crippen LogP contribution in [0, 0.1) is 12.8 Å². The van der Waals surface area contributed by atoms with Crippen LogP contribution >= 0.6 is 0 Å². The van der Waals surface area contributed by atoms with Gasteiger partial charge in [0.05, 0.1) is 0 Å². The van der Waals surface area contributed by atoms with Crippen molar-refractivity contribution in [1.29, 1.82) is 0 Å². The molecule has 1 aromatic heterocycles. The first kappa shape index (κ1) is 11.4. The van der Waals surface area contributed by atoms with Crippen molar-refractivity contribution in [2.45, 2.75) is 19.8 Å².